The third-order valence-electron chi connectivity index (χ3n) is 3.55. The van der Waals surface area contributed by atoms with Crippen LogP contribution in [-0.4, -0.2) is 4.83 Å². The Morgan fingerprint density at radius 1 is 1.24 bits per heavy atom. The Kier molecular flexibility index (Phi) is 4.87. The Balaban J connectivity index is 2.05. The second-order valence-corrected chi connectivity index (χ2v) is 6.45. The van der Waals surface area contributed by atoms with E-state index < -0.39 is 0 Å². The smallest absolute Gasteiger partial charge is 0.142 e. The van der Waals surface area contributed by atoms with Crippen LogP contribution in [0.5, 0.6) is 0 Å². The number of hydrogen-bond donors (Lipinski definition) is 0. The van der Waals surface area contributed by atoms with Gasteiger partial charge in [0.15, 0.2) is 0 Å². The van der Waals surface area contributed by atoms with Crippen molar-refractivity contribution in [3.63, 3.8) is 0 Å². The molecule has 1 fully saturated rings. The molecule has 0 N–H and O–H groups in total. The average Bonchev–Trinajstić information content (AvgIpc) is 2.50. The van der Waals surface area contributed by atoms with Gasteiger partial charge in [-0.05, 0) is 42.9 Å². The van der Waals surface area contributed by atoms with Crippen molar-refractivity contribution in [3.05, 3.63) is 34.6 Å². The van der Waals surface area contributed by atoms with Gasteiger partial charge in [0.25, 0.3) is 0 Å². The first-order chi connectivity index (χ1) is 8.16. The molecule has 0 radical (unpaired) electrons. The van der Waals surface area contributed by atoms with Gasteiger partial charge in [-0.3, -0.25) is 0 Å². The average molecular weight is 320 g/mol. The van der Waals surface area contributed by atoms with Crippen molar-refractivity contribution in [3.8, 4) is 0 Å². The molecule has 2 atom stereocenters. The van der Waals surface area contributed by atoms with Crippen LogP contribution in [0.3, 0.4) is 0 Å². The van der Waals surface area contributed by atoms with Gasteiger partial charge in [-0.25, -0.2) is 4.39 Å². The minimum Gasteiger partial charge on any atom is -0.205 e. The van der Waals surface area contributed by atoms with Gasteiger partial charge in [-0.2, -0.15) is 0 Å². The van der Waals surface area contributed by atoms with E-state index in [1.807, 2.05) is 6.07 Å². The summed E-state index contributed by atoms with van der Waals surface area (Å²) in [6, 6.07) is 5.18. The lowest BCUT2D eigenvalue weighted by atomic mass is 9.92. The molecular formula is C14H17BrClF. The van der Waals surface area contributed by atoms with Crippen LogP contribution in [0.2, 0.25) is 5.02 Å². The second kappa shape index (κ2) is 6.19. The van der Waals surface area contributed by atoms with E-state index in [4.69, 9.17) is 11.6 Å². The Hall–Kier alpha value is -0.0800. The van der Waals surface area contributed by atoms with E-state index >= 15 is 0 Å². The molecule has 0 amide bonds. The standard InChI is InChI=1S/C14H17BrClF/c15-12-5-3-1-2-4-11(12)8-10-6-7-13(16)14(17)9-10/h6-7,9,11-12H,1-5,8H2. The predicted molar refractivity (Wildman–Crippen MR) is 74.4 cm³/mol. The topological polar surface area (TPSA) is 0 Å². The molecule has 0 aromatic heterocycles. The number of rotatable bonds is 2. The highest BCUT2D eigenvalue weighted by Gasteiger charge is 2.21. The first-order valence-electron chi connectivity index (χ1n) is 6.25. The normalized spacial score (nSPS) is 25.6. The first kappa shape index (κ1) is 13.4. The van der Waals surface area contributed by atoms with Crippen LogP contribution in [0.4, 0.5) is 4.39 Å². The highest BCUT2D eigenvalue weighted by Crippen LogP contribution is 2.31. The fourth-order valence-electron chi connectivity index (χ4n) is 2.54. The summed E-state index contributed by atoms with van der Waals surface area (Å²) < 4.78 is 13.4. The van der Waals surface area contributed by atoms with E-state index in [9.17, 15) is 4.39 Å². The Bertz CT molecular complexity index is 380. The van der Waals surface area contributed by atoms with E-state index in [2.05, 4.69) is 15.9 Å². The monoisotopic (exact) mass is 318 g/mol. The number of alkyl halides is 1. The molecule has 1 aliphatic carbocycles. The molecule has 0 spiro atoms. The van der Waals surface area contributed by atoms with Crippen LogP contribution < -0.4 is 0 Å². The van der Waals surface area contributed by atoms with E-state index in [1.54, 1.807) is 12.1 Å². The first-order valence-corrected chi connectivity index (χ1v) is 7.54. The van der Waals surface area contributed by atoms with Gasteiger partial charge in [0.2, 0.25) is 0 Å². The summed E-state index contributed by atoms with van der Waals surface area (Å²) in [6.07, 6.45) is 7.35. The third-order valence-corrected chi connectivity index (χ3v) is 5.06. The van der Waals surface area contributed by atoms with Gasteiger partial charge in [-0.1, -0.05) is 52.9 Å². The zero-order valence-electron chi connectivity index (χ0n) is 9.76. The van der Waals surface area contributed by atoms with Crippen molar-refractivity contribution in [1.29, 1.82) is 0 Å². The van der Waals surface area contributed by atoms with Crippen LogP contribution in [0.15, 0.2) is 18.2 Å². The maximum atomic E-state index is 13.4. The predicted octanol–water partition coefficient (Wildman–Crippen LogP) is 5.37. The number of hydrogen-bond acceptors (Lipinski definition) is 0. The summed E-state index contributed by atoms with van der Waals surface area (Å²) in [5.41, 5.74) is 1.06. The second-order valence-electron chi connectivity index (χ2n) is 4.87. The lowest BCUT2D eigenvalue weighted by molar-refractivity contribution is 0.474. The summed E-state index contributed by atoms with van der Waals surface area (Å²) in [6.45, 7) is 0. The van der Waals surface area contributed by atoms with Gasteiger partial charge < -0.3 is 0 Å². The van der Waals surface area contributed by atoms with Crippen molar-refractivity contribution in [2.24, 2.45) is 5.92 Å². The molecule has 1 aromatic rings. The molecule has 0 heterocycles. The molecule has 1 aromatic carbocycles. The minimum absolute atomic E-state index is 0.213. The van der Waals surface area contributed by atoms with Crippen molar-refractivity contribution < 1.29 is 4.39 Å². The fraction of sp³-hybridized carbons (Fsp3) is 0.571. The van der Waals surface area contributed by atoms with Crippen molar-refractivity contribution in [2.45, 2.75) is 43.4 Å². The molecule has 2 unspecified atom stereocenters. The van der Waals surface area contributed by atoms with Gasteiger partial charge in [0.05, 0.1) is 5.02 Å². The molecule has 3 heteroatoms. The van der Waals surface area contributed by atoms with Crippen LogP contribution in [0.25, 0.3) is 0 Å². The minimum atomic E-state index is -0.302. The van der Waals surface area contributed by atoms with E-state index in [0.29, 0.717) is 10.7 Å². The lowest BCUT2D eigenvalue weighted by Crippen LogP contribution is -2.15. The van der Waals surface area contributed by atoms with Crippen LogP contribution >= 0.6 is 27.5 Å². The fourth-order valence-corrected chi connectivity index (χ4v) is 3.43. The molecule has 17 heavy (non-hydrogen) atoms. The zero-order chi connectivity index (χ0) is 12.3. The van der Waals surface area contributed by atoms with Crippen LogP contribution in [0, 0.1) is 11.7 Å². The summed E-state index contributed by atoms with van der Waals surface area (Å²) >= 11 is 9.47. The Morgan fingerprint density at radius 3 is 2.76 bits per heavy atom. The highest BCUT2D eigenvalue weighted by atomic mass is 79.9. The largest absolute Gasteiger partial charge is 0.205 e. The van der Waals surface area contributed by atoms with Gasteiger partial charge in [0, 0.05) is 4.83 Å². The third kappa shape index (κ3) is 3.69. The highest BCUT2D eigenvalue weighted by molar-refractivity contribution is 9.09. The maximum absolute atomic E-state index is 13.4. The molecule has 1 saturated carbocycles. The van der Waals surface area contributed by atoms with Crippen LogP contribution in [0.1, 0.15) is 37.7 Å². The molecule has 2 rings (SSSR count). The molecule has 94 valence electrons. The summed E-state index contributed by atoms with van der Waals surface area (Å²) in [7, 11) is 0. The summed E-state index contributed by atoms with van der Waals surface area (Å²) in [5.74, 6) is 0.321. The van der Waals surface area contributed by atoms with E-state index in [-0.39, 0.29) is 10.8 Å². The van der Waals surface area contributed by atoms with E-state index in [1.165, 1.54) is 32.1 Å². The summed E-state index contributed by atoms with van der Waals surface area (Å²) in [4.78, 5) is 0.573. The molecule has 0 nitrogen and oxygen atoms in total. The van der Waals surface area contributed by atoms with Crippen molar-refractivity contribution >= 4 is 27.5 Å². The number of halogens is 3. The summed E-state index contributed by atoms with van der Waals surface area (Å²) in [5, 5.41) is 0.213. The molecule has 0 aliphatic heterocycles. The quantitative estimate of drug-likeness (QED) is 0.508. The molecular weight excluding hydrogens is 303 g/mol. The van der Waals surface area contributed by atoms with Crippen molar-refractivity contribution in [2.75, 3.05) is 0 Å². The zero-order valence-corrected chi connectivity index (χ0v) is 12.1. The molecule has 0 saturated heterocycles. The maximum Gasteiger partial charge on any atom is 0.142 e. The van der Waals surface area contributed by atoms with E-state index in [0.717, 1.165) is 12.0 Å². The van der Waals surface area contributed by atoms with Crippen molar-refractivity contribution in [1.82, 2.24) is 0 Å². The SMILES string of the molecule is Fc1cc(CC2CCCCCC2Br)ccc1Cl. The molecule has 1 aliphatic rings. The Labute approximate surface area is 116 Å². The van der Waals surface area contributed by atoms with Gasteiger partial charge in [0.1, 0.15) is 5.82 Å². The van der Waals surface area contributed by atoms with Gasteiger partial charge >= 0.3 is 0 Å². The molecule has 0 bridgehead atoms. The Morgan fingerprint density at radius 2 is 2.00 bits per heavy atom. The van der Waals surface area contributed by atoms with Gasteiger partial charge in [-0.15, -0.1) is 0 Å². The van der Waals surface area contributed by atoms with Crippen LogP contribution in [-0.2, 0) is 6.42 Å². The number of benzene rings is 1. The lowest BCUT2D eigenvalue weighted by Gasteiger charge is -2.20.